The number of carbonyl (C=O) groups is 1. The van der Waals surface area contributed by atoms with Crippen molar-refractivity contribution < 1.29 is 18.3 Å². The van der Waals surface area contributed by atoms with Gasteiger partial charge in [0.05, 0.1) is 0 Å². The van der Waals surface area contributed by atoms with E-state index in [9.17, 15) is 13.2 Å². The van der Waals surface area contributed by atoms with E-state index < -0.39 is 15.9 Å². The maximum Gasteiger partial charge on any atom is 0.265 e. The molecule has 1 atom stereocenters. The van der Waals surface area contributed by atoms with Gasteiger partial charge in [-0.05, 0) is 18.4 Å². The normalized spacial score (nSPS) is 20.8. The summed E-state index contributed by atoms with van der Waals surface area (Å²) in [6.07, 6.45) is 2.02. The van der Waals surface area contributed by atoms with Gasteiger partial charge in [0.15, 0.2) is 0 Å². The Balaban J connectivity index is 2.30. The number of carbonyl (C=O) groups excluding carboxylic acids is 1. The van der Waals surface area contributed by atoms with Crippen LogP contribution >= 0.6 is 0 Å². The largest absolute Gasteiger partial charge is 0.396 e. The molecule has 1 saturated heterocycles. The molecule has 1 fully saturated rings. The van der Waals surface area contributed by atoms with E-state index in [1.165, 1.54) is 21.1 Å². The Morgan fingerprint density at radius 3 is 2.74 bits per heavy atom. The number of nitrogens with two attached hydrogens (primary N) is 1. The molecule has 1 aromatic rings. The summed E-state index contributed by atoms with van der Waals surface area (Å²) >= 11 is 0. The molecule has 2 rings (SSSR count). The van der Waals surface area contributed by atoms with Gasteiger partial charge in [0, 0.05) is 32.9 Å². The van der Waals surface area contributed by atoms with Gasteiger partial charge in [-0.15, -0.1) is 0 Å². The highest BCUT2D eigenvalue weighted by molar-refractivity contribution is 7.89. The number of aliphatic hydroxyl groups excluding tert-OH is 1. The molecule has 7 nitrogen and oxygen atoms in total. The van der Waals surface area contributed by atoms with Crippen molar-refractivity contribution in [3.8, 4) is 0 Å². The Morgan fingerprint density at radius 2 is 2.26 bits per heavy atom. The average molecular weight is 287 g/mol. The second kappa shape index (κ2) is 4.95. The highest BCUT2D eigenvalue weighted by Crippen LogP contribution is 2.25. The maximum atomic E-state index is 12.4. The van der Waals surface area contributed by atoms with Crippen LogP contribution in [0.3, 0.4) is 0 Å². The molecule has 1 aliphatic rings. The van der Waals surface area contributed by atoms with Crippen molar-refractivity contribution in [1.82, 2.24) is 8.87 Å². The van der Waals surface area contributed by atoms with Gasteiger partial charge in [-0.2, -0.15) is 4.31 Å². The smallest absolute Gasteiger partial charge is 0.265 e. The van der Waals surface area contributed by atoms with Crippen molar-refractivity contribution in [2.75, 3.05) is 19.7 Å². The van der Waals surface area contributed by atoms with Crippen LogP contribution < -0.4 is 5.73 Å². The van der Waals surface area contributed by atoms with E-state index in [-0.39, 0.29) is 23.1 Å². The minimum Gasteiger partial charge on any atom is -0.396 e. The number of aromatic nitrogens is 1. The van der Waals surface area contributed by atoms with Crippen molar-refractivity contribution in [1.29, 1.82) is 0 Å². The van der Waals surface area contributed by atoms with E-state index in [1.54, 1.807) is 7.05 Å². The zero-order chi connectivity index (χ0) is 14.2. The Kier molecular flexibility index (Phi) is 3.66. The fourth-order valence-electron chi connectivity index (χ4n) is 2.23. The summed E-state index contributed by atoms with van der Waals surface area (Å²) in [5.74, 6) is -0.687. The third kappa shape index (κ3) is 2.51. The van der Waals surface area contributed by atoms with Crippen LogP contribution in [0.5, 0.6) is 0 Å². The van der Waals surface area contributed by atoms with Crippen LogP contribution in [-0.4, -0.2) is 48.0 Å². The fourth-order valence-corrected chi connectivity index (χ4v) is 3.84. The van der Waals surface area contributed by atoms with Gasteiger partial charge < -0.3 is 15.4 Å². The first-order valence-corrected chi connectivity index (χ1v) is 7.37. The molecular weight excluding hydrogens is 270 g/mol. The first kappa shape index (κ1) is 14.0. The molecule has 19 heavy (non-hydrogen) atoms. The second-order valence-corrected chi connectivity index (χ2v) is 6.67. The second-order valence-electron chi connectivity index (χ2n) is 4.74. The van der Waals surface area contributed by atoms with Gasteiger partial charge in [-0.25, -0.2) is 8.42 Å². The summed E-state index contributed by atoms with van der Waals surface area (Å²) in [4.78, 5) is 11.2. The first-order chi connectivity index (χ1) is 8.86. The van der Waals surface area contributed by atoms with Crippen molar-refractivity contribution in [2.45, 2.75) is 11.3 Å². The molecule has 1 unspecified atom stereocenters. The standard InChI is InChI=1S/C11H17N3O4S/c1-13-6-9(4-10(13)11(12)16)19(17,18)14-3-2-8(5-14)7-15/h4,6,8,15H,2-3,5,7H2,1H3,(H2,12,16). The SMILES string of the molecule is Cn1cc(S(=O)(=O)N2CCC(CO)C2)cc1C(N)=O. The molecule has 0 bridgehead atoms. The highest BCUT2D eigenvalue weighted by atomic mass is 32.2. The lowest BCUT2D eigenvalue weighted by atomic mass is 10.1. The molecule has 2 heterocycles. The van der Waals surface area contributed by atoms with Crippen LogP contribution in [0.15, 0.2) is 17.2 Å². The van der Waals surface area contributed by atoms with Crippen LogP contribution in [0.1, 0.15) is 16.9 Å². The van der Waals surface area contributed by atoms with E-state index in [0.717, 1.165) is 0 Å². The van der Waals surface area contributed by atoms with Crippen molar-refractivity contribution >= 4 is 15.9 Å². The molecule has 1 amide bonds. The van der Waals surface area contributed by atoms with E-state index in [4.69, 9.17) is 10.8 Å². The summed E-state index contributed by atoms with van der Waals surface area (Å²) in [5.41, 5.74) is 5.32. The average Bonchev–Trinajstić information content (AvgIpc) is 2.95. The number of amides is 1. The van der Waals surface area contributed by atoms with Gasteiger partial charge in [-0.3, -0.25) is 4.79 Å². The van der Waals surface area contributed by atoms with Crippen LogP contribution in [0.25, 0.3) is 0 Å². The summed E-state index contributed by atoms with van der Waals surface area (Å²) in [6, 6.07) is 1.28. The van der Waals surface area contributed by atoms with Crippen LogP contribution in [-0.2, 0) is 17.1 Å². The topological polar surface area (TPSA) is 106 Å². The molecule has 1 aliphatic heterocycles. The summed E-state index contributed by atoms with van der Waals surface area (Å²) < 4.78 is 27.5. The molecular formula is C11H17N3O4S. The van der Waals surface area contributed by atoms with Gasteiger partial charge in [-0.1, -0.05) is 0 Å². The van der Waals surface area contributed by atoms with E-state index >= 15 is 0 Å². The Labute approximate surface area is 111 Å². The summed E-state index contributed by atoms with van der Waals surface area (Å²) in [6.45, 7) is 0.668. The number of nitrogens with zero attached hydrogens (tertiary/aromatic N) is 2. The molecule has 0 saturated carbocycles. The molecule has 0 aromatic carbocycles. The van der Waals surface area contributed by atoms with Gasteiger partial charge in [0.25, 0.3) is 5.91 Å². The number of aliphatic hydroxyl groups is 1. The summed E-state index contributed by atoms with van der Waals surface area (Å²) in [7, 11) is -2.05. The van der Waals surface area contributed by atoms with Crippen LogP contribution in [0, 0.1) is 5.92 Å². The Hall–Kier alpha value is -1.38. The highest BCUT2D eigenvalue weighted by Gasteiger charge is 2.33. The van der Waals surface area contributed by atoms with Crippen molar-refractivity contribution in [3.05, 3.63) is 18.0 Å². The lowest BCUT2D eigenvalue weighted by molar-refractivity contribution is 0.0992. The number of sulfonamides is 1. The minimum atomic E-state index is -3.62. The predicted molar refractivity (Wildman–Crippen MR) is 67.9 cm³/mol. The van der Waals surface area contributed by atoms with Gasteiger partial charge >= 0.3 is 0 Å². The number of rotatable bonds is 4. The number of primary amides is 1. The zero-order valence-electron chi connectivity index (χ0n) is 10.6. The first-order valence-electron chi connectivity index (χ1n) is 5.93. The molecule has 1 aromatic heterocycles. The van der Waals surface area contributed by atoms with Gasteiger partial charge in [0.1, 0.15) is 10.6 Å². The van der Waals surface area contributed by atoms with Crippen molar-refractivity contribution in [2.24, 2.45) is 18.7 Å². The molecule has 0 aliphatic carbocycles. The van der Waals surface area contributed by atoms with E-state index in [2.05, 4.69) is 0 Å². The minimum absolute atomic E-state index is 0.0194. The molecule has 106 valence electrons. The third-order valence-corrected chi connectivity index (χ3v) is 5.21. The lowest BCUT2D eigenvalue weighted by Gasteiger charge is -2.14. The fraction of sp³-hybridized carbons (Fsp3) is 0.545. The van der Waals surface area contributed by atoms with Crippen LogP contribution in [0.2, 0.25) is 0 Å². The Morgan fingerprint density at radius 1 is 1.58 bits per heavy atom. The number of hydrogen-bond acceptors (Lipinski definition) is 4. The molecule has 8 heteroatoms. The van der Waals surface area contributed by atoms with Crippen LogP contribution in [0.4, 0.5) is 0 Å². The quantitative estimate of drug-likeness (QED) is 0.750. The van der Waals surface area contributed by atoms with Crippen molar-refractivity contribution in [3.63, 3.8) is 0 Å². The maximum absolute atomic E-state index is 12.4. The molecule has 3 N–H and O–H groups in total. The lowest BCUT2D eigenvalue weighted by Crippen LogP contribution is -2.29. The zero-order valence-corrected chi connectivity index (χ0v) is 11.4. The number of hydrogen-bond donors (Lipinski definition) is 2. The Bertz CT molecular complexity index is 593. The van der Waals surface area contributed by atoms with E-state index in [0.29, 0.717) is 19.5 Å². The monoisotopic (exact) mass is 287 g/mol. The molecule has 0 radical (unpaired) electrons. The summed E-state index contributed by atoms with van der Waals surface area (Å²) in [5, 5.41) is 9.05. The van der Waals surface area contributed by atoms with Gasteiger partial charge in [0.2, 0.25) is 10.0 Å². The third-order valence-electron chi connectivity index (χ3n) is 3.38. The van der Waals surface area contributed by atoms with E-state index in [1.807, 2.05) is 0 Å². The molecule has 0 spiro atoms. The predicted octanol–water partition coefficient (Wildman–Crippen LogP) is -0.873. The number of aryl methyl sites for hydroxylation is 1.